The highest BCUT2D eigenvalue weighted by Crippen LogP contribution is 1.95. The maximum atomic E-state index is 11.1. The molecule has 1 rings (SSSR count). The molecule has 0 bridgehead atoms. The first kappa shape index (κ1) is 12.4. The van der Waals surface area contributed by atoms with Gasteiger partial charge in [-0.25, -0.2) is 5.48 Å². The van der Waals surface area contributed by atoms with Crippen LogP contribution in [0.15, 0.2) is 0 Å². The summed E-state index contributed by atoms with van der Waals surface area (Å²) in [5.41, 5.74) is 2.42. The fourth-order valence-corrected chi connectivity index (χ4v) is 1.24. The molecule has 88 valence electrons. The van der Waals surface area contributed by atoms with Crippen molar-refractivity contribution < 1.29 is 14.4 Å². The number of carbonyl (C=O) groups excluding carboxylic acids is 1. The molecule has 15 heavy (non-hydrogen) atoms. The van der Waals surface area contributed by atoms with Crippen LogP contribution in [0.25, 0.3) is 0 Å². The van der Waals surface area contributed by atoms with Gasteiger partial charge in [-0.1, -0.05) is 13.8 Å². The molecular formula is C10H20N2O3. The number of ether oxygens (including phenoxy) is 1. The van der Waals surface area contributed by atoms with E-state index in [9.17, 15) is 4.79 Å². The van der Waals surface area contributed by atoms with E-state index in [1.54, 1.807) is 0 Å². The van der Waals surface area contributed by atoms with Crippen molar-refractivity contribution in [3.8, 4) is 0 Å². The van der Waals surface area contributed by atoms with Crippen molar-refractivity contribution in [3.63, 3.8) is 0 Å². The first-order valence-electron chi connectivity index (χ1n) is 5.42. The van der Waals surface area contributed by atoms with Gasteiger partial charge in [0.15, 0.2) is 0 Å². The number of nitrogens with zero attached hydrogens (tertiary/aromatic N) is 1. The highest BCUT2D eigenvalue weighted by atomic mass is 16.7. The van der Waals surface area contributed by atoms with Crippen LogP contribution in [0.3, 0.4) is 0 Å². The Morgan fingerprint density at radius 3 is 2.73 bits per heavy atom. The van der Waals surface area contributed by atoms with Gasteiger partial charge in [0.1, 0.15) is 0 Å². The summed E-state index contributed by atoms with van der Waals surface area (Å²) in [6, 6.07) is 0. The molecule has 0 saturated carbocycles. The van der Waals surface area contributed by atoms with Gasteiger partial charge >= 0.3 is 0 Å². The molecule has 1 aliphatic heterocycles. The van der Waals surface area contributed by atoms with Crippen LogP contribution in [0.5, 0.6) is 0 Å². The third-order valence-corrected chi connectivity index (χ3v) is 2.31. The molecule has 0 aliphatic carbocycles. The van der Waals surface area contributed by atoms with Crippen LogP contribution >= 0.6 is 0 Å². The zero-order chi connectivity index (χ0) is 11.1. The van der Waals surface area contributed by atoms with Crippen LogP contribution in [0.1, 0.15) is 13.8 Å². The van der Waals surface area contributed by atoms with Crippen LogP contribution in [0.4, 0.5) is 0 Å². The topological polar surface area (TPSA) is 50.8 Å². The number of amides is 1. The third kappa shape index (κ3) is 5.11. The Labute approximate surface area is 90.7 Å². The quantitative estimate of drug-likeness (QED) is 0.520. The Balaban J connectivity index is 1.98. The summed E-state index contributed by atoms with van der Waals surface area (Å²) in [5.74, 6) is -0.106. The lowest BCUT2D eigenvalue weighted by molar-refractivity contribution is -0.137. The highest BCUT2D eigenvalue weighted by Gasteiger charge is 2.10. The lowest BCUT2D eigenvalue weighted by Gasteiger charge is -2.26. The van der Waals surface area contributed by atoms with Gasteiger partial charge in [-0.15, -0.1) is 0 Å². The lowest BCUT2D eigenvalue weighted by atomic mass is 10.2. The van der Waals surface area contributed by atoms with E-state index in [0.29, 0.717) is 6.61 Å². The van der Waals surface area contributed by atoms with Gasteiger partial charge in [-0.05, 0) is 0 Å². The van der Waals surface area contributed by atoms with Crippen LogP contribution in [-0.2, 0) is 14.4 Å². The molecule has 5 heteroatoms. The Kier molecular flexibility index (Phi) is 5.60. The molecular weight excluding hydrogens is 196 g/mol. The van der Waals surface area contributed by atoms with E-state index in [1.807, 2.05) is 13.8 Å². The summed E-state index contributed by atoms with van der Waals surface area (Å²) in [5, 5.41) is 0. The summed E-state index contributed by atoms with van der Waals surface area (Å²) < 4.78 is 5.22. The molecule has 1 amide bonds. The smallest absolute Gasteiger partial charge is 0.246 e. The molecule has 0 aromatic heterocycles. The lowest BCUT2D eigenvalue weighted by Crippen LogP contribution is -2.39. The maximum Gasteiger partial charge on any atom is 0.246 e. The van der Waals surface area contributed by atoms with Crippen molar-refractivity contribution in [3.05, 3.63) is 0 Å². The average molecular weight is 216 g/mol. The van der Waals surface area contributed by atoms with Gasteiger partial charge in [-0.2, -0.15) is 0 Å². The number of nitrogens with one attached hydrogen (secondary N) is 1. The Morgan fingerprint density at radius 1 is 1.47 bits per heavy atom. The molecule has 0 unspecified atom stereocenters. The van der Waals surface area contributed by atoms with E-state index < -0.39 is 0 Å². The monoisotopic (exact) mass is 216 g/mol. The third-order valence-electron chi connectivity index (χ3n) is 2.31. The van der Waals surface area contributed by atoms with E-state index in [-0.39, 0.29) is 11.8 Å². The summed E-state index contributed by atoms with van der Waals surface area (Å²) in [7, 11) is 0. The molecule has 1 aliphatic rings. The van der Waals surface area contributed by atoms with Crippen LogP contribution in [0.2, 0.25) is 0 Å². The standard InChI is InChI=1S/C10H20N2O3/c1-9(2)10(13)11-15-8-5-12-3-6-14-7-4-12/h9H,3-8H2,1-2H3,(H,11,13). The second kappa shape index (κ2) is 6.76. The van der Waals surface area contributed by atoms with Gasteiger partial charge in [0.25, 0.3) is 0 Å². The van der Waals surface area contributed by atoms with Crippen molar-refractivity contribution in [2.75, 3.05) is 39.5 Å². The van der Waals surface area contributed by atoms with E-state index in [4.69, 9.17) is 9.57 Å². The number of hydrogen-bond donors (Lipinski definition) is 1. The molecule has 0 aromatic carbocycles. The second-order valence-electron chi connectivity index (χ2n) is 3.92. The average Bonchev–Trinajstić information content (AvgIpc) is 2.25. The van der Waals surface area contributed by atoms with Crippen molar-refractivity contribution in [2.24, 2.45) is 5.92 Å². The molecule has 1 N–H and O–H groups in total. The number of hydroxylamine groups is 1. The first-order valence-corrected chi connectivity index (χ1v) is 5.42. The van der Waals surface area contributed by atoms with Gasteiger partial charge in [0.05, 0.1) is 19.8 Å². The summed E-state index contributed by atoms with van der Waals surface area (Å²) >= 11 is 0. The zero-order valence-corrected chi connectivity index (χ0v) is 9.49. The predicted octanol–water partition coefficient (Wildman–Crippen LogP) is 0.0224. The summed E-state index contributed by atoms with van der Waals surface area (Å²) in [6.07, 6.45) is 0. The molecule has 0 aromatic rings. The van der Waals surface area contributed by atoms with Crippen LogP contribution < -0.4 is 5.48 Å². The van der Waals surface area contributed by atoms with Gasteiger partial charge in [0.2, 0.25) is 5.91 Å². The molecule has 1 fully saturated rings. The number of carbonyl (C=O) groups is 1. The first-order chi connectivity index (χ1) is 7.20. The molecule has 1 heterocycles. The van der Waals surface area contributed by atoms with Crippen molar-refractivity contribution in [1.29, 1.82) is 0 Å². The zero-order valence-electron chi connectivity index (χ0n) is 9.49. The Hall–Kier alpha value is -0.650. The van der Waals surface area contributed by atoms with E-state index in [1.165, 1.54) is 0 Å². The Bertz CT molecular complexity index is 191. The Morgan fingerprint density at radius 2 is 2.13 bits per heavy atom. The fraction of sp³-hybridized carbons (Fsp3) is 0.900. The van der Waals surface area contributed by atoms with E-state index >= 15 is 0 Å². The SMILES string of the molecule is CC(C)C(=O)NOCCN1CCOCC1. The summed E-state index contributed by atoms with van der Waals surface area (Å²) in [4.78, 5) is 18.5. The molecule has 0 radical (unpaired) electrons. The highest BCUT2D eigenvalue weighted by molar-refractivity contribution is 5.76. The molecule has 0 spiro atoms. The number of morpholine rings is 1. The van der Waals surface area contributed by atoms with Gasteiger partial charge in [0, 0.05) is 25.6 Å². The maximum absolute atomic E-state index is 11.1. The van der Waals surface area contributed by atoms with E-state index in [2.05, 4.69) is 10.4 Å². The predicted molar refractivity (Wildman–Crippen MR) is 56.2 cm³/mol. The van der Waals surface area contributed by atoms with Crippen LogP contribution in [0, 0.1) is 5.92 Å². The number of rotatable bonds is 5. The molecule has 0 atom stereocenters. The minimum Gasteiger partial charge on any atom is -0.379 e. The largest absolute Gasteiger partial charge is 0.379 e. The van der Waals surface area contributed by atoms with Crippen molar-refractivity contribution in [2.45, 2.75) is 13.8 Å². The van der Waals surface area contributed by atoms with Crippen molar-refractivity contribution >= 4 is 5.91 Å². The van der Waals surface area contributed by atoms with Gasteiger partial charge < -0.3 is 4.74 Å². The summed E-state index contributed by atoms with van der Waals surface area (Å²) in [6.45, 7) is 8.50. The number of hydrogen-bond acceptors (Lipinski definition) is 4. The molecule has 5 nitrogen and oxygen atoms in total. The van der Waals surface area contributed by atoms with Crippen LogP contribution in [-0.4, -0.2) is 50.3 Å². The molecule has 1 saturated heterocycles. The fourth-order valence-electron chi connectivity index (χ4n) is 1.24. The normalized spacial score (nSPS) is 18.1. The second-order valence-corrected chi connectivity index (χ2v) is 3.92. The van der Waals surface area contributed by atoms with E-state index in [0.717, 1.165) is 32.8 Å². The van der Waals surface area contributed by atoms with Crippen molar-refractivity contribution in [1.82, 2.24) is 10.4 Å². The minimum atomic E-state index is -0.0722. The minimum absolute atomic E-state index is 0.0339. The van der Waals surface area contributed by atoms with Gasteiger partial charge in [-0.3, -0.25) is 14.5 Å².